The fourth-order valence-electron chi connectivity index (χ4n) is 2.61. The van der Waals surface area contributed by atoms with Gasteiger partial charge in [-0.15, -0.1) is 24.0 Å². The highest BCUT2D eigenvalue weighted by Crippen LogP contribution is 2.17. The monoisotopic (exact) mass is 468 g/mol. The van der Waals surface area contributed by atoms with Crippen LogP contribution < -0.4 is 15.8 Å². The number of nitrogens with two attached hydrogens (primary N) is 1. The van der Waals surface area contributed by atoms with Gasteiger partial charge in [0.2, 0.25) is 0 Å². The summed E-state index contributed by atoms with van der Waals surface area (Å²) in [6.45, 7) is 7.92. The molecule has 0 aliphatic heterocycles. The molecule has 2 rings (SSSR count). The second-order valence-electron chi connectivity index (χ2n) is 5.79. The first-order valence-corrected chi connectivity index (χ1v) is 8.66. The molecule has 0 aliphatic rings. The van der Waals surface area contributed by atoms with Crippen molar-refractivity contribution in [2.24, 2.45) is 10.7 Å². The van der Waals surface area contributed by atoms with Gasteiger partial charge < -0.3 is 15.8 Å². The summed E-state index contributed by atoms with van der Waals surface area (Å²) in [6.07, 6.45) is 0. The van der Waals surface area contributed by atoms with E-state index in [0.29, 0.717) is 12.5 Å². The molecule has 0 amide bonds. The van der Waals surface area contributed by atoms with Crippen molar-refractivity contribution in [3.8, 4) is 5.75 Å². The summed E-state index contributed by atoms with van der Waals surface area (Å²) >= 11 is 0. The minimum Gasteiger partial charge on any atom is -0.497 e. The third kappa shape index (κ3) is 6.84. The van der Waals surface area contributed by atoms with Crippen LogP contribution in [0.3, 0.4) is 0 Å². The normalized spacial score (nSPS) is 11.2. The van der Waals surface area contributed by atoms with Crippen LogP contribution in [-0.2, 0) is 13.1 Å². The van der Waals surface area contributed by atoms with Crippen LogP contribution in [0.15, 0.2) is 53.5 Å². The van der Waals surface area contributed by atoms with Crippen molar-refractivity contribution in [3.63, 3.8) is 0 Å². The van der Waals surface area contributed by atoms with Crippen LogP contribution in [0.4, 0.5) is 5.69 Å². The quantitative estimate of drug-likeness (QED) is 0.348. The molecule has 0 unspecified atom stereocenters. The Labute approximate surface area is 173 Å². The molecule has 0 heterocycles. The van der Waals surface area contributed by atoms with Gasteiger partial charge in [-0.1, -0.05) is 44.2 Å². The number of benzene rings is 2. The molecule has 0 saturated heterocycles. The summed E-state index contributed by atoms with van der Waals surface area (Å²) in [7, 11) is 1.64. The number of methoxy groups -OCH3 is 1. The van der Waals surface area contributed by atoms with E-state index in [1.807, 2.05) is 30.3 Å². The van der Waals surface area contributed by atoms with E-state index in [2.05, 4.69) is 47.3 Å². The van der Waals surface area contributed by atoms with Crippen molar-refractivity contribution in [1.82, 2.24) is 4.90 Å². The number of nitrogens with zero attached hydrogens (tertiary/aromatic N) is 2. The summed E-state index contributed by atoms with van der Waals surface area (Å²) in [6, 6.07) is 16.0. The molecule has 0 fully saturated rings. The summed E-state index contributed by atoms with van der Waals surface area (Å²) in [5.74, 6) is 1.17. The maximum atomic E-state index is 6.04. The van der Waals surface area contributed by atoms with Crippen molar-refractivity contribution < 1.29 is 4.74 Å². The van der Waals surface area contributed by atoms with Gasteiger partial charge in [0, 0.05) is 18.3 Å². The van der Waals surface area contributed by atoms with Crippen molar-refractivity contribution in [1.29, 1.82) is 0 Å². The number of anilines is 1. The van der Waals surface area contributed by atoms with Gasteiger partial charge in [0.05, 0.1) is 13.7 Å². The Morgan fingerprint density at radius 3 is 2.42 bits per heavy atom. The Morgan fingerprint density at radius 2 is 1.77 bits per heavy atom. The summed E-state index contributed by atoms with van der Waals surface area (Å²) in [5, 5.41) is 3.11. The molecule has 2 aromatic carbocycles. The van der Waals surface area contributed by atoms with Crippen LogP contribution in [0.2, 0.25) is 0 Å². The lowest BCUT2D eigenvalue weighted by Gasteiger charge is -2.19. The van der Waals surface area contributed by atoms with Crippen LogP contribution in [0.25, 0.3) is 0 Å². The molecule has 0 bridgehead atoms. The van der Waals surface area contributed by atoms with E-state index in [9.17, 15) is 0 Å². The first-order valence-electron chi connectivity index (χ1n) is 8.66. The first kappa shape index (κ1) is 22.2. The van der Waals surface area contributed by atoms with E-state index in [4.69, 9.17) is 10.5 Å². The van der Waals surface area contributed by atoms with Gasteiger partial charge in [-0.2, -0.15) is 0 Å². The molecule has 0 radical (unpaired) electrons. The second-order valence-corrected chi connectivity index (χ2v) is 5.79. The maximum absolute atomic E-state index is 6.04. The highest BCUT2D eigenvalue weighted by atomic mass is 127. The van der Waals surface area contributed by atoms with Crippen LogP contribution in [-0.4, -0.2) is 31.1 Å². The van der Waals surface area contributed by atoms with E-state index >= 15 is 0 Å². The van der Waals surface area contributed by atoms with Gasteiger partial charge in [-0.05, 0) is 36.3 Å². The molecule has 3 N–H and O–H groups in total. The number of hydrogen-bond acceptors (Lipinski definition) is 3. The number of hydrogen-bond donors (Lipinski definition) is 2. The van der Waals surface area contributed by atoms with Crippen molar-refractivity contribution in [3.05, 3.63) is 59.7 Å². The lowest BCUT2D eigenvalue weighted by atomic mass is 10.1. The van der Waals surface area contributed by atoms with Crippen LogP contribution in [0, 0.1) is 0 Å². The molecule has 0 aromatic heterocycles. The zero-order valence-electron chi connectivity index (χ0n) is 15.7. The van der Waals surface area contributed by atoms with Gasteiger partial charge >= 0.3 is 0 Å². The van der Waals surface area contributed by atoms with Gasteiger partial charge in [-0.3, -0.25) is 4.90 Å². The van der Waals surface area contributed by atoms with E-state index < -0.39 is 0 Å². The van der Waals surface area contributed by atoms with E-state index in [0.717, 1.165) is 31.1 Å². The van der Waals surface area contributed by atoms with Gasteiger partial charge in [0.25, 0.3) is 0 Å². The molecule has 0 atom stereocenters. The Morgan fingerprint density at radius 1 is 1.08 bits per heavy atom. The molecular weight excluding hydrogens is 439 g/mol. The maximum Gasteiger partial charge on any atom is 0.193 e. The summed E-state index contributed by atoms with van der Waals surface area (Å²) < 4.78 is 5.21. The minimum absolute atomic E-state index is 0. The van der Waals surface area contributed by atoms with Crippen molar-refractivity contribution >= 4 is 35.6 Å². The van der Waals surface area contributed by atoms with E-state index in [1.54, 1.807) is 7.11 Å². The average Bonchev–Trinajstić information content (AvgIpc) is 2.65. The van der Waals surface area contributed by atoms with Gasteiger partial charge in [0.15, 0.2) is 5.96 Å². The third-order valence-electron chi connectivity index (χ3n) is 4.17. The first-order chi connectivity index (χ1) is 12.2. The fraction of sp³-hybridized carbons (Fsp3) is 0.350. The lowest BCUT2D eigenvalue weighted by molar-refractivity contribution is 0.295. The van der Waals surface area contributed by atoms with E-state index in [1.165, 1.54) is 11.1 Å². The van der Waals surface area contributed by atoms with Crippen LogP contribution in [0.5, 0.6) is 5.75 Å². The predicted octanol–water partition coefficient (Wildman–Crippen LogP) is 4.08. The molecule has 0 spiro atoms. The van der Waals surface area contributed by atoms with Crippen LogP contribution in [0.1, 0.15) is 25.0 Å². The SMILES string of the molecule is CCN(CC)Cc1ccccc1CN=C(N)Nc1cccc(OC)c1.I. The largest absolute Gasteiger partial charge is 0.497 e. The standard InChI is InChI=1S/C20H28N4O.HI/c1-4-24(5-2)15-17-10-7-6-9-16(17)14-22-20(21)23-18-11-8-12-19(13-18)25-3;/h6-13H,4-5,14-15H2,1-3H3,(H3,21,22,23);1H. The molecule has 0 saturated carbocycles. The molecule has 2 aromatic rings. The van der Waals surface area contributed by atoms with Gasteiger partial charge in [0.1, 0.15) is 5.75 Å². The molecular formula is C20H29IN4O. The number of rotatable bonds is 8. The smallest absolute Gasteiger partial charge is 0.193 e. The third-order valence-corrected chi connectivity index (χ3v) is 4.17. The highest BCUT2D eigenvalue weighted by Gasteiger charge is 2.06. The topological polar surface area (TPSA) is 62.9 Å². The Hall–Kier alpha value is -1.80. The molecule has 26 heavy (non-hydrogen) atoms. The summed E-state index contributed by atoms with van der Waals surface area (Å²) in [4.78, 5) is 6.88. The summed E-state index contributed by atoms with van der Waals surface area (Å²) in [5.41, 5.74) is 9.39. The van der Waals surface area contributed by atoms with Gasteiger partial charge in [-0.25, -0.2) is 4.99 Å². The Bertz CT molecular complexity index is 702. The molecule has 0 aliphatic carbocycles. The number of halogens is 1. The highest BCUT2D eigenvalue weighted by molar-refractivity contribution is 14.0. The van der Waals surface area contributed by atoms with Crippen LogP contribution >= 0.6 is 24.0 Å². The molecule has 142 valence electrons. The fourth-order valence-corrected chi connectivity index (χ4v) is 2.61. The zero-order valence-corrected chi connectivity index (χ0v) is 18.1. The molecule has 6 heteroatoms. The second kappa shape index (κ2) is 11.7. The predicted molar refractivity (Wildman–Crippen MR) is 120 cm³/mol. The van der Waals surface area contributed by atoms with Crippen molar-refractivity contribution in [2.75, 3.05) is 25.5 Å². The van der Waals surface area contributed by atoms with Crippen molar-refractivity contribution in [2.45, 2.75) is 26.9 Å². The lowest BCUT2D eigenvalue weighted by Crippen LogP contribution is -2.24. The zero-order chi connectivity index (χ0) is 18.1. The number of aliphatic imine (C=N–C) groups is 1. The number of guanidine groups is 1. The minimum atomic E-state index is 0. The van der Waals surface area contributed by atoms with E-state index in [-0.39, 0.29) is 24.0 Å². The Kier molecular flexibility index (Phi) is 10.0. The average molecular weight is 468 g/mol. The number of nitrogens with one attached hydrogen (secondary N) is 1. The number of ether oxygens (including phenoxy) is 1. The Balaban J connectivity index is 0.00000338. The molecule has 5 nitrogen and oxygen atoms in total.